The number of hydrogen-bond acceptors (Lipinski definition) is 7. The smallest absolute Gasteiger partial charge is 0.270 e. The van der Waals surface area contributed by atoms with Crippen molar-refractivity contribution in [1.82, 2.24) is 15.2 Å². The largest absolute Gasteiger partial charge is 0.496 e. The van der Waals surface area contributed by atoms with Crippen LogP contribution in [-0.4, -0.2) is 66.2 Å². The number of nitrogens with one attached hydrogen (secondary N) is 1. The van der Waals surface area contributed by atoms with Crippen LogP contribution in [0.2, 0.25) is 0 Å². The van der Waals surface area contributed by atoms with Crippen LogP contribution in [-0.2, 0) is 11.2 Å². The number of pyridine rings is 1. The lowest BCUT2D eigenvalue weighted by molar-refractivity contribution is -0.131. The molecule has 1 saturated carbocycles. The summed E-state index contributed by atoms with van der Waals surface area (Å²) in [7, 11) is 1.55. The van der Waals surface area contributed by atoms with E-state index in [1.165, 1.54) is 12.1 Å². The number of methoxy groups -OCH3 is 1. The Balaban J connectivity index is 1.14. The average molecular weight is 533 g/mol. The monoisotopic (exact) mass is 532 g/mol. The van der Waals surface area contributed by atoms with Crippen LogP contribution in [0.4, 0.5) is 10.1 Å². The van der Waals surface area contributed by atoms with E-state index in [1.54, 1.807) is 25.4 Å². The predicted octanol–water partition coefficient (Wildman–Crippen LogP) is 3.74. The summed E-state index contributed by atoms with van der Waals surface area (Å²) in [4.78, 5) is 34.2. The number of amides is 2. The lowest BCUT2D eigenvalue weighted by Crippen LogP contribution is -2.49. The molecule has 204 valence electrons. The van der Waals surface area contributed by atoms with Crippen molar-refractivity contribution >= 4 is 17.5 Å². The van der Waals surface area contributed by atoms with Gasteiger partial charge >= 0.3 is 0 Å². The highest BCUT2D eigenvalue weighted by Crippen LogP contribution is 2.41. The molecule has 2 amide bonds. The molecule has 10 heteroatoms. The van der Waals surface area contributed by atoms with Gasteiger partial charge in [-0.3, -0.25) is 14.6 Å². The molecule has 9 nitrogen and oxygen atoms in total. The third kappa shape index (κ3) is 6.36. The van der Waals surface area contributed by atoms with Crippen LogP contribution in [0.3, 0.4) is 0 Å². The number of hydrogen-bond donors (Lipinski definition) is 1. The van der Waals surface area contributed by atoms with Gasteiger partial charge in [0.25, 0.3) is 5.91 Å². The normalized spacial score (nSPS) is 18.3. The maximum atomic E-state index is 13.8. The van der Waals surface area contributed by atoms with Crippen molar-refractivity contribution in [2.75, 3.05) is 38.2 Å². The minimum atomic E-state index is -0.444. The second kappa shape index (κ2) is 11.0. The van der Waals surface area contributed by atoms with Crippen LogP contribution >= 0.6 is 0 Å². The second-order valence-electron chi connectivity index (χ2n) is 10.5. The van der Waals surface area contributed by atoms with Gasteiger partial charge in [0.2, 0.25) is 5.91 Å². The van der Waals surface area contributed by atoms with Crippen molar-refractivity contribution in [2.24, 2.45) is 10.2 Å². The van der Waals surface area contributed by atoms with E-state index in [1.807, 2.05) is 11.0 Å². The van der Waals surface area contributed by atoms with E-state index < -0.39 is 11.2 Å². The molecule has 1 saturated heterocycles. The van der Waals surface area contributed by atoms with Crippen molar-refractivity contribution in [2.45, 2.75) is 56.1 Å². The van der Waals surface area contributed by atoms with Gasteiger partial charge in [-0.1, -0.05) is 0 Å². The van der Waals surface area contributed by atoms with Crippen LogP contribution in [0.15, 0.2) is 46.8 Å². The first-order chi connectivity index (χ1) is 18.8. The molecule has 2 aliphatic heterocycles. The van der Waals surface area contributed by atoms with Gasteiger partial charge < -0.3 is 19.9 Å². The quantitative estimate of drug-likeness (QED) is 0.445. The predicted molar refractivity (Wildman–Crippen MR) is 144 cm³/mol. The molecular formula is C29H33FN6O3. The number of anilines is 1. The fraction of sp³-hybridized carbons (Fsp3) is 0.483. The summed E-state index contributed by atoms with van der Waals surface area (Å²) in [6.45, 7) is 2.54. The number of ether oxygens (including phenoxy) is 1. The molecule has 0 bridgehead atoms. The summed E-state index contributed by atoms with van der Waals surface area (Å²) in [5.74, 6) is 2.73. The van der Waals surface area contributed by atoms with Crippen molar-refractivity contribution in [3.8, 4) is 18.1 Å². The fourth-order valence-corrected chi connectivity index (χ4v) is 5.14. The summed E-state index contributed by atoms with van der Waals surface area (Å²) in [5, 5.41) is 11.3. The molecule has 1 aliphatic carbocycles. The molecular weight excluding hydrogens is 499 g/mol. The Hall–Kier alpha value is -4.00. The number of nitrogens with zero attached hydrogens (tertiary/aromatic N) is 5. The molecule has 2 fully saturated rings. The number of aromatic nitrogens is 1. The zero-order chi connectivity index (χ0) is 27.5. The Labute approximate surface area is 227 Å². The van der Waals surface area contributed by atoms with Gasteiger partial charge in [-0.2, -0.15) is 10.2 Å². The number of rotatable bonds is 11. The van der Waals surface area contributed by atoms with E-state index in [2.05, 4.69) is 31.3 Å². The van der Waals surface area contributed by atoms with Gasteiger partial charge in [-0.15, -0.1) is 12.3 Å². The molecule has 3 heterocycles. The Kier molecular flexibility index (Phi) is 7.51. The summed E-state index contributed by atoms with van der Waals surface area (Å²) >= 11 is 0. The van der Waals surface area contributed by atoms with Crippen LogP contribution in [0, 0.1) is 18.2 Å². The first-order valence-corrected chi connectivity index (χ1v) is 13.4. The summed E-state index contributed by atoms with van der Waals surface area (Å²) in [5.41, 5.74) is 1.08. The molecule has 0 unspecified atom stereocenters. The summed E-state index contributed by atoms with van der Waals surface area (Å²) < 4.78 is 19.2. The van der Waals surface area contributed by atoms with Gasteiger partial charge in [0.05, 0.1) is 7.11 Å². The summed E-state index contributed by atoms with van der Waals surface area (Å²) in [6.07, 6.45) is 11.4. The fourth-order valence-electron chi connectivity index (χ4n) is 5.14. The van der Waals surface area contributed by atoms with Crippen molar-refractivity contribution < 1.29 is 18.7 Å². The van der Waals surface area contributed by atoms with Gasteiger partial charge in [-0.05, 0) is 55.2 Å². The topological polar surface area (TPSA) is 99.5 Å². The first kappa shape index (κ1) is 26.6. The van der Waals surface area contributed by atoms with E-state index in [0.29, 0.717) is 69.7 Å². The molecule has 2 aromatic rings. The number of carbonyl (C=O) groups is 2. The molecule has 1 aromatic carbocycles. The summed E-state index contributed by atoms with van der Waals surface area (Å²) in [6, 6.07) is 8.10. The van der Waals surface area contributed by atoms with Gasteiger partial charge in [-0.25, -0.2) is 4.39 Å². The Morgan fingerprint density at radius 3 is 2.56 bits per heavy atom. The van der Waals surface area contributed by atoms with Crippen molar-refractivity contribution in [3.63, 3.8) is 0 Å². The molecule has 0 radical (unpaired) electrons. The van der Waals surface area contributed by atoms with E-state index in [4.69, 9.17) is 11.2 Å². The minimum absolute atomic E-state index is 0.103. The van der Waals surface area contributed by atoms with E-state index in [9.17, 15) is 14.0 Å². The molecule has 1 aromatic heterocycles. The average Bonchev–Trinajstić information content (AvgIpc) is 3.89. The highest BCUT2D eigenvalue weighted by molar-refractivity contribution is 5.94. The molecule has 0 spiro atoms. The molecule has 39 heavy (non-hydrogen) atoms. The molecule has 1 N–H and O–H groups in total. The third-order valence-electron chi connectivity index (χ3n) is 7.77. The second-order valence-corrected chi connectivity index (χ2v) is 10.5. The van der Waals surface area contributed by atoms with Crippen LogP contribution in [0.1, 0.15) is 54.6 Å². The first-order valence-electron chi connectivity index (χ1n) is 13.4. The maximum absolute atomic E-state index is 13.8. The highest BCUT2D eigenvalue weighted by Gasteiger charge is 2.45. The zero-order valence-electron chi connectivity index (χ0n) is 22.2. The SMILES string of the molecule is C#CCCC1(CCC(=O)N2CCN(c3ccnc(C(=O)NC4(Cc5cc(F)ccc5OC)CC4)c3)CC2)N=N1. The minimum Gasteiger partial charge on any atom is -0.496 e. The van der Waals surface area contributed by atoms with Crippen LogP contribution in [0.25, 0.3) is 0 Å². The molecule has 0 atom stereocenters. The molecule has 3 aliphatic rings. The number of terminal acetylenes is 1. The molecule has 5 rings (SSSR count). The third-order valence-corrected chi connectivity index (χ3v) is 7.77. The van der Waals surface area contributed by atoms with Gasteiger partial charge in [0.1, 0.15) is 17.3 Å². The van der Waals surface area contributed by atoms with Crippen LogP contribution < -0.4 is 15.0 Å². The Morgan fingerprint density at radius 2 is 1.90 bits per heavy atom. The van der Waals surface area contributed by atoms with E-state index in [-0.39, 0.29) is 17.6 Å². The highest BCUT2D eigenvalue weighted by atomic mass is 19.1. The number of piperazine rings is 1. The maximum Gasteiger partial charge on any atom is 0.270 e. The number of carbonyl (C=O) groups excluding carboxylic acids is 2. The number of halogens is 1. The van der Waals surface area contributed by atoms with Gasteiger partial charge in [0.15, 0.2) is 5.66 Å². The van der Waals surface area contributed by atoms with Gasteiger partial charge in [0, 0.05) is 69.3 Å². The van der Waals surface area contributed by atoms with Crippen molar-refractivity contribution in [3.05, 3.63) is 53.6 Å². The Morgan fingerprint density at radius 1 is 1.13 bits per heavy atom. The Bertz CT molecular complexity index is 1300. The lowest BCUT2D eigenvalue weighted by Gasteiger charge is -2.36. The zero-order valence-corrected chi connectivity index (χ0v) is 22.2. The lowest BCUT2D eigenvalue weighted by atomic mass is 10.0. The van der Waals surface area contributed by atoms with Crippen molar-refractivity contribution in [1.29, 1.82) is 0 Å². The standard InChI is InChI=1S/C29H33FN6O3/c1-3-4-9-29(33-34-29)10-7-26(37)36-16-14-35(15-17-36)23-8-13-31-24(19-23)27(38)32-28(11-12-28)20-21-18-22(30)5-6-25(21)39-2/h1,5-6,8,13,18-19H,4,7,9-12,14-17,20H2,2H3,(H,32,38). The van der Waals surface area contributed by atoms with Crippen LogP contribution in [0.5, 0.6) is 5.75 Å². The number of benzene rings is 1. The van der Waals surface area contributed by atoms with E-state index >= 15 is 0 Å². The van der Waals surface area contributed by atoms with E-state index in [0.717, 1.165) is 24.1 Å².